The van der Waals surface area contributed by atoms with E-state index in [-0.39, 0.29) is 0 Å². The van der Waals surface area contributed by atoms with Crippen molar-refractivity contribution in [3.8, 4) is 6.07 Å². The molecule has 0 aromatic heterocycles. The Balaban J connectivity index is 2.21. The fourth-order valence-corrected chi connectivity index (χ4v) is 4.53. The number of nitriles is 1. The van der Waals surface area contributed by atoms with Crippen LogP contribution in [0.5, 0.6) is 0 Å². The molecule has 1 aromatic rings. The first-order chi connectivity index (χ1) is 8.77. The third-order valence-electron chi connectivity index (χ3n) is 4.56. The number of fused-ring (bicyclic) bond motifs is 2. The van der Waals surface area contributed by atoms with Crippen LogP contribution in [0.1, 0.15) is 49.7 Å². The molecule has 3 rings (SSSR count). The maximum Gasteiger partial charge on any atom is 0.0915 e. The van der Waals surface area contributed by atoms with Crippen LogP contribution in [0.25, 0.3) is 5.57 Å². The standard InChI is InChI=1S/C16H16BrN/c17-14-5-3-4-13-12(7-11-18)6-10-16(15(13)14)8-1-2-9-16/h3-5,7H,1-2,6,8-10H2. The van der Waals surface area contributed by atoms with Crippen LogP contribution in [-0.2, 0) is 5.41 Å². The third kappa shape index (κ3) is 1.73. The van der Waals surface area contributed by atoms with Crippen LogP contribution in [0.2, 0.25) is 0 Å². The molecule has 0 saturated heterocycles. The van der Waals surface area contributed by atoms with Gasteiger partial charge in [0.25, 0.3) is 0 Å². The average Bonchev–Trinajstić information content (AvgIpc) is 2.83. The Morgan fingerprint density at radius 3 is 2.72 bits per heavy atom. The number of benzene rings is 1. The zero-order valence-electron chi connectivity index (χ0n) is 10.4. The molecule has 0 N–H and O–H groups in total. The Hall–Kier alpha value is -1.07. The molecule has 1 fully saturated rings. The first-order valence-electron chi connectivity index (χ1n) is 6.65. The smallest absolute Gasteiger partial charge is 0.0915 e. The Bertz CT molecular complexity index is 545. The van der Waals surface area contributed by atoms with Crippen molar-refractivity contribution in [2.75, 3.05) is 0 Å². The summed E-state index contributed by atoms with van der Waals surface area (Å²) in [5.41, 5.74) is 4.36. The van der Waals surface area contributed by atoms with E-state index in [1.54, 1.807) is 6.08 Å². The summed E-state index contributed by atoms with van der Waals surface area (Å²) in [7, 11) is 0. The lowest BCUT2D eigenvalue weighted by Gasteiger charge is -2.37. The number of hydrogen-bond acceptors (Lipinski definition) is 1. The summed E-state index contributed by atoms with van der Waals surface area (Å²) in [5.74, 6) is 0. The number of nitrogens with zero attached hydrogens (tertiary/aromatic N) is 1. The van der Waals surface area contributed by atoms with Crippen molar-refractivity contribution in [1.82, 2.24) is 0 Å². The molecule has 0 unspecified atom stereocenters. The van der Waals surface area contributed by atoms with Gasteiger partial charge in [-0.25, -0.2) is 0 Å². The van der Waals surface area contributed by atoms with Crippen LogP contribution in [0.4, 0.5) is 0 Å². The molecule has 1 spiro atoms. The Morgan fingerprint density at radius 2 is 2.00 bits per heavy atom. The Kier molecular flexibility index (Phi) is 3.03. The summed E-state index contributed by atoms with van der Waals surface area (Å²) in [5, 5.41) is 8.93. The van der Waals surface area contributed by atoms with Gasteiger partial charge in [-0.2, -0.15) is 5.26 Å². The van der Waals surface area contributed by atoms with Crippen LogP contribution >= 0.6 is 15.9 Å². The maximum absolute atomic E-state index is 8.93. The van der Waals surface area contributed by atoms with Crippen molar-refractivity contribution in [1.29, 1.82) is 5.26 Å². The third-order valence-corrected chi connectivity index (χ3v) is 5.22. The van der Waals surface area contributed by atoms with Crippen molar-refractivity contribution >= 4 is 21.5 Å². The van der Waals surface area contributed by atoms with E-state index in [1.807, 2.05) is 0 Å². The molecule has 18 heavy (non-hydrogen) atoms. The second-order valence-corrected chi connectivity index (χ2v) is 6.30. The second kappa shape index (κ2) is 4.55. The molecule has 1 aromatic carbocycles. The maximum atomic E-state index is 8.93. The summed E-state index contributed by atoms with van der Waals surface area (Å²) >= 11 is 3.74. The molecule has 0 radical (unpaired) electrons. The van der Waals surface area contributed by atoms with Crippen LogP contribution in [0.15, 0.2) is 28.7 Å². The minimum absolute atomic E-state index is 0.377. The fraction of sp³-hybridized carbons (Fsp3) is 0.438. The van der Waals surface area contributed by atoms with Gasteiger partial charge in [-0.3, -0.25) is 0 Å². The molecular formula is C16H16BrN. The topological polar surface area (TPSA) is 23.8 Å². The first kappa shape index (κ1) is 12.0. The van der Waals surface area contributed by atoms with Crippen LogP contribution < -0.4 is 0 Å². The Labute approximate surface area is 117 Å². The molecule has 0 atom stereocenters. The lowest BCUT2D eigenvalue weighted by atomic mass is 9.67. The quantitative estimate of drug-likeness (QED) is 0.621. The summed E-state index contributed by atoms with van der Waals surface area (Å²) in [4.78, 5) is 0. The normalized spacial score (nSPS) is 23.0. The summed E-state index contributed by atoms with van der Waals surface area (Å²) < 4.78 is 1.23. The van der Waals surface area contributed by atoms with E-state index >= 15 is 0 Å². The van der Waals surface area contributed by atoms with Gasteiger partial charge in [-0.1, -0.05) is 40.9 Å². The highest BCUT2D eigenvalue weighted by Gasteiger charge is 2.41. The highest BCUT2D eigenvalue weighted by atomic mass is 79.9. The van der Waals surface area contributed by atoms with E-state index in [1.165, 1.54) is 53.3 Å². The molecule has 2 heteroatoms. The van der Waals surface area contributed by atoms with E-state index < -0.39 is 0 Å². The van der Waals surface area contributed by atoms with Crippen molar-refractivity contribution in [3.63, 3.8) is 0 Å². The van der Waals surface area contributed by atoms with Crippen molar-refractivity contribution in [3.05, 3.63) is 39.9 Å². The number of rotatable bonds is 0. The predicted molar refractivity (Wildman–Crippen MR) is 77.1 cm³/mol. The van der Waals surface area contributed by atoms with Crippen LogP contribution in [-0.4, -0.2) is 0 Å². The predicted octanol–water partition coefficient (Wildman–Crippen LogP) is 4.96. The summed E-state index contributed by atoms with van der Waals surface area (Å²) in [6.45, 7) is 0. The van der Waals surface area contributed by atoms with Crippen molar-refractivity contribution < 1.29 is 0 Å². The van der Waals surface area contributed by atoms with Gasteiger partial charge in [0.15, 0.2) is 0 Å². The first-order valence-corrected chi connectivity index (χ1v) is 7.44. The van der Waals surface area contributed by atoms with Crippen LogP contribution in [0, 0.1) is 11.3 Å². The number of allylic oxidation sites excluding steroid dienone is 2. The minimum Gasteiger partial charge on any atom is -0.193 e. The highest BCUT2D eigenvalue weighted by molar-refractivity contribution is 9.10. The lowest BCUT2D eigenvalue weighted by molar-refractivity contribution is 0.399. The number of hydrogen-bond donors (Lipinski definition) is 0. The van der Waals surface area contributed by atoms with Gasteiger partial charge in [-0.05, 0) is 53.9 Å². The molecule has 0 bridgehead atoms. The van der Waals surface area contributed by atoms with Gasteiger partial charge in [0.05, 0.1) is 6.07 Å². The molecule has 0 heterocycles. The van der Waals surface area contributed by atoms with E-state index in [2.05, 4.69) is 40.2 Å². The van der Waals surface area contributed by atoms with E-state index in [0.29, 0.717) is 5.41 Å². The zero-order valence-corrected chi connectivity index (χ0v) is 12.0. The summed E-state index contributed by atoms with van der Waals surface area (Å²) in [6, 6.07) is 8.61. The van der Waals surface area contributed by atoms with E-state index in [9.17, 15) is 0 Å². The molecule has 1 nitrogen and oxygen atoms in total. The number of halogens is 1. The van der Waals surface area contributed by atoms with E-state index in [4.69, 9.17) is 5.26 Å². The van der Waals surface area contributed by atoms with Gasteiger partial charge in [0.1, 0.15) is 0 Å². The molecule has 92 valence electrons. The molecule has 0 aliphatic heterocycles. The molecular weight excluding hydrogens is 286 g/mol. The average molecular weight is 302 g/mol. The molecule has 2 aliphatic carbocycles. The zero-order chi connectivity index (χ0) is 12.6. The fourth-order valence-electron chi connectivity index (χ4n) is 3.74. The second-order valence-electron chi connectivity index (χ2n) is 5.45. The molecule has 1 saturated carbocycles. The largest absolute Gasteiger partial charge is 0.193 e. The van der Waals surface area contributed by atoms with Gasteiger partial charge >= 0.3 is 0 Å². The van der Waals surface area contributed by atoms with Gasteiger partial charge in [0, 0.05) is 10.5 Å². The highest BCUT2D eigenvalue weighted by Crippen LogP contribution is 2.53. The molecule has 2 aliphatic rings. The van der Waals surface area contributed by atoms with Crippen molar-refractivity contribution in [2.24, 2.45) is 0 Å². The van der Waals surface area contributed by atoms with Crippen LogP contribution in [0.3, 0.4) is 0 Å². The van der Waals surface area contributed by atoms with Gasteiger partial charge in [-0.15, -0.1) is 0 Å². The van der Waals surface area contributed by atoms with E-state index in [0.717, 1.165) is 6.42 Å². The van der Waals surface area contributed by atoms with Gasteiger partial charge < -0.3 is 0 Å². The monoisotopic (exact) mass is 301 g/mol. The van der Waals surface area contributed by atoms with Gasteiger partial charge in [0.2, 0.25) is 0 Å². The minimum atomic E-state index is 0.377. The Morgan fingerprint density at radius 1 is 1.22 bits per heavy atom. The summed E-state index contributed by atoms with van der Waals surface area (Å²) in [6.07, 6.45) is 9.29. The molecule has 0 amide bonds. The SMILES string of the molecule is N#CC=C1CCC2(CCCC2)c2c(Br)cccc21. The van der Waals surface area contributed by atoms with Crippen molar-refractivity contribution in [2.45, 2.75) is 43.9 Å². The lowest BCUT2D eigenvalue weighted by Crippen LogP contribution is -2.27.